The Balaban J connectivity index is 1.50. The highest BCUT2D eigenvalue weighted by molar-refractivity contribution is 7.16. The maximum absolute atomic E-state index is 12.9. The molecule has 0 saturated carbocycles. The monoisotopic (exact) mass is 465 g/mol. The van der Waals surface area contributed by atoms with Crippen molar-refractivity contribution in [3.8, 4) is 6.07 Å². The quantitative estimate of drug-likeness (QED) is 0.529. The molecule has 1 aromatic carbocycles. The van der Waals surface area contributed by atoms with Crippen molar-refractivity contribution in [2.75, 3.05) is 32.1 Å². The number of rotatable bonds is 8. The lowest BCUT2D eigenvalue weighted by Crippen LogP contribution is -2.36. The molecule has 1 unspecified atom stereocenters. The number of para-hydroxylation sites is 1. The van der Waals surface area contributed by atoms with Crippen LogP contribution in [0.3, 0.4) is 0 Å². The number of ether oxygens (including phenoxy) is 1. The summed E-state index contributed by atoms with van der Waals surface area (Å²) in [5, 5.41) is 13.8. The van der Waals surface area contributed by atoms with Gasteiger partial charge in [-0.2, -0.15) is 5.26 Å². The van der Waals surface area contributed by atoms with E-state index in [4.69, 9.17) is 4.74 Å². The number of carbonyl (C=O) groups excluding carboxylic acids is 1. The number of nitriles is 1. The van der Waals surface area contributed by atoms with Gasteiger partial charge in [-0.25, -0.2) is 4.98 Å². The number of hydrogen-bond acceptors (Lipinski definition) is 7. The third-order valence-electron chi connectivity index (χ3n) is 5.89. The molecule has 33 heavy (non-hydrogen) atoms. The van der Waals surface area contributed by atoms with E-state index >= 15 is 0 Å². The number of hydrogen-bond donors (Lipinski definition) is 2. The number of thiophene rings is 1. The molecule has 4 rings (SSSR count). The van der Waals surface area contributed by atoms with Gasteiger partial charge in [0.2, 0.25) is 5.91 Å². The van der Waals surface area contributed by atoms with Gasteiger partial charge in [0.1, 0.15) is 16.9 Å². The summed E-state index contributed by atoms with van der Waals surface area (Å²) in [4.78, 5) is 35.7. The van der Waals surface area contributed by atoms with E-state index in [2.05, 4.69) is 28.3 Å². The molecule has 172 valence electrons. The van der Waals surface area contributed by atoms with Gasteiger partial charge in [0.05, 0.1) is 36.2 Å². The van der Waals surface area contributed by atoms with Crippen molar-refractivity contribution in [2.45, 2.75) is 32.7 Å². The normalized spacial score (nSPS) is 15.4. The number of anilines is 1. The first kappa shape index (κ1) is 23.1. The van der Waals surface area contributed by atoms with E-state index in [9.17, 15) is 14.9 Å². The molecule has 1 atom stereocenters. The van der Waals surface area contributed by atoms with Crippen LogP contribution >= 0.6 is 11.3 Å². The van der Waals surface area contributed by atoms with Crippen LogP contribution in [0.5, 0.6) is 0 Å². The van der Waals surface area contributed by atoms with Crippen molar-refractivity contribution in [1.29, 1.82) is 5.26 Å². The van der Waals surface area contributed by atoms with Crippen LogP contribution in [0.2, 0.25) is 0 Å². The molecule has 0 bridgehead atoms. The lowest BCUT2D eigenvalue weighted by Gasteiger charge is -2.20. The molecule has 3 aromatic rings. The topological polar surface area (TPSA) is 111 Å². The van der Waals surface area contributed by atoms with Crippen LogP contribution in [-0.2, 0) is 28.9 Å². The number of H-pyrrole nitrogens is 1. The van der Waals surface area contributed by atoms with Crippen molar-refractivity contribution < 1.29 is 9.53 Å². The molecule has 2 N–H and O–H groups in total. The van der Waals surface area contributed by atoms with Gasteiger partial charge in [0.15, 0.2) is 0 Å². The number of amides is 1. The Morgan fingerprint density at radius 3 is 3.03 bits per heavy atom. The van der Waals surface area contributed by atoms with Gasteiger partial charge in [-0.1, -0.05) is 19.1 Å². The maximum Gasteiger partial charge on any atom is 0.258 e. The molecule has 2 heterocycles. The summed E-state index contributed by atoms with van der Waals surface area (Å²) in [6.45, 7) is 3.51. The van der Waals surface area contributed by atoms with Crippen molar-refractivity contribution >= 4 is 33.1 Å². The van der Waals surface area contributed by atoms with Crippen LogP contribution in [0, 0.1) is 17.2 Å². The molecule has 1 aliphatic rings. The minimum absolute atomic E-state index is 0.0870. The van der Waals surface area contributed by atoms with E-state index in [-0.39, 0.29) is 18.0 Å². The molecular formula is C24H27N5O3S. The maximum atomic E-state index is 12.9. The first-order valence-electron chi connectivity index (χ1n) is 11.0. The van der Waals surface area contributed by atoms with Crippen molar-refractivity contribution in [1.82, 2.24) is 14.9 Å². The average Bonchev–Trinajstić information content (AvgIpc) is 3.13. The number of nitrogens with one attached hydrogen (secondary N) is 2. The standard InChI is InChI=1S/C24H27N5O3S/c1-15-7-8-16-18(12-25)24(33-20(16)11-15)28-22(30)14-29(9-10-32-2)13-21-26-19-6-4-3-5-17(19)23(31)27-21/h3-6,15H,7-11,13-14H2,1-2H3,(H,28,30)(H,26,27,31). The van der Waals surface area contributed by atoms with E-state index in [1.165, 1.54) is 16.2 Å². The highest BCUT2D eigenvalue weighted by Gasteiger charge is 2.25. The van der Waals surface area contributed by atoms with Gasteiger partial charge >= 0.3 is 0 Å². The Bertz CT molecular complexity index is 1260. The number of aromatic nitrogens is 2. The van der Waals surface area contributed by atoms with Crippen LogP contribution in [0.15, 0.2) is 29.1 Å². The molecule has 1 amide bonds. The van der Waals surface area contributed by atoms with Crippen molar-refractivity contribution in [2.24, 2.45) is 5.92 Å². The van der Waals surface area contributed by atoms with Crippen molar-refractivity contribution in [3.05, 3.63) is 56.4 Å². The molecular weight excluding hydrogens is 438 g/mol. The van der Waals surface area contributed by atoms with Crippen LogP contribution in [-0.4, -0.2) is 47.6 Å². The fourth-order valence-corrected chi connectivity index (χ4v) is 5.56. The lowest BCUT2D eigenvalue weighted by atomic mass is 9.89. The second-order valence-corrected chi connectivity index (χ2v) is 9.55. The molecule has 9 heteroatoms. The zero-order chi connectivity index (χ0) is 23.4. The summed E-state index contributed by atoms with van der Waals surface area (Å²) in [6, 6.07) is 9.45. The van der Waals surface area contributed by atoms with Gasteiger partial charge in [-0.3, -0.25) is 14.5 Å². The largest absolute Gasteiger partial charge is 0.383 e. The summed E-state index contributed by atoms with van der Waals surface area (Å²) in [7, 11) is 1.60. The number of carbonyl (C=O) groups is 1. The summed E-state index contributed by atoms with van der Waals surface area (Å²) < 4.78 is 5.20. The van der Waals surface area contributed by atoms with Crippen LogP contribution in [0.4, 0.5) is 5.00 Å². The van der Waals surface area contributed by atoms with Gasteiger partial charge in [-0.05, 0) is 42.9 Å². The Morgan fingerprint density at radius 1 is 1.42 bits per heavy atom. The smallest absolute Gasteiger partial charge is 0.258 e. The average molecular weight is 466 g/mol. The number of fused-ring (bicyclic) bond motifs is 2. The molecule has 0 fully saturated rings. The predicted octanol–water partition coefficient (Wildman–Crippen LogP) is 3.07. The second kappa shape index (κ2) is 10.3. The number of nitrogens with zero attached hydrogens (tertiary/aromatic N) is 3. The van der Waals surface area contributed by atoms with Crippen LogP contribution < -0.4 is 10.9 Å². The highest BCUT2D eigenvalue weighted by Crippen LogP contribution is 2.39. The number of aromatic amines is 1. The van der Waals surface area contributed by atoms with Crippen molar-refractivity contribution in [3.63, 3.8) is 0 Å². The summed E-state index contributed by atoms with van der Waals surface area (Å²) in [5.74, 6) is 0.866. The number of methoxy groups -OCH3 is 1. The molecule has 0 aliphatic heterocycles. The van der Waals surface area contributed by atoms with Gasteiger partial charge < -0.3 is 15.0 Å². The summed E-state index contributed by atoms with van der Waals surface area (Å²) in [6.07, 6.45) is 2.89. The number of benzene rings is 1. The fraction of sp³-hybridized carbons (Fsp3) is 0.417. The molecule has 2 aromatic heterocycles. The van der Waals surface area contributed by atoms with E-state index < -0.39 is 0 Å². The Hall–Kier alpha value is -3.06. The lowest BCUT2D eigenvalue weighted by molar-refractivity contribution is -0.117. The minimum atomic E-state index is -0.211. The molecule has 8 nitrogen and oxygen atoms in total. The molecule has 0 spiro atoms. The zero-order valence-electron chi connectivity index (χ0n) is 18.8. The van der Waals surface area contributed by atoms with E-state index in [1.807, 2.05) is 11.0 Å². The fourth-order valence-electron chi connectivity index (χ4n) is 4.18. The van der Waals surface area contributed by atoms with Gasteiger partial charge in [0, 0.05) is 18.5 Å². The van der Waals surface area contributed by atoms with Gasteiger partial charge in [0.25, 0.3) is 5.56 Å². The van der Waals surface area contributed by atoms with E-state index in [1.54, 1.807) is 25.3 Å². The summed E-state index contributed by atoms with van der Waals surface area (Å²) in [5.41, 5.74) is 2.09. The third kappa shape index (κ3) is 5.30. The Kier molecular flexibility index (Phi) is 7.18. The third-order valence-corrected chi connectivity index (χ3v) is 7.06. The molecule has 0 saturated heterocycles. The SMILES string of the molecule is COCCN(CC(=O)Nc1sc2c(c1C#N)CCC(C)C2)Cc1nc2ccccc2c(=O)[nH]1. The van der Waals surface area contributed by atoms with Crippen LogP contribution in [0.25, 0.3) is 10.9 Å². The molecule has 1 aliphatic carbocycles. The highest BCUT2D eigenvalue weighted by atomic mass is 32.1. The Morgan fingerprint density at radius 2 is 2.24 bits per heavy atom. The van der Waals surface area contributed by atoms with Gasteiger partial charge in [-0.15, -0.1) is 11.3 Å². The Labute approximate surface area is 196 Å². The summed E-state index contributed by atoms with van der Waals surface area (Å²) >= 11 is 1.51. The minimum Gasteiger partial charge on any atom is -0.383 e. The van der Waals surface area contributed by atoms with E-state index in [0.29, 0.717) is 52.9 Å². The predicted molar refractivity (Wildman–Crippen MR) is 128 cm³/mol. The first-order valence-corrected chi connectivity index (χ1v) is 11.8. The first-order chi connectivity index (χ1) is 16.0. The van der Waals surface area contributed by atoms with Crippen LogP contribution in [0.1, 0.15) is 35.2 Å². The zero-order valence-corrected chi connectivity index (χ0v) is 19.6. The molecule has 0 radical (unpaired) electrons. The van der Waals surface area contributed by atoms with E-state index in [0.717, 1.165) is 24.8 Å². The second-order valence-electron chi connectivity index (χ2n) is 8.45.